The number of carbonyl (C=O) groups is 2. The van der Waals surface area contributed by atoms with Crippen LogP contribution >= 0.6 is 0 Å². The molecule has 2 aliphatic rings. The molecular formula is C25H29N7O2. The average molecular weight is 460 g/mol. The summed E-state index contributed by atoms with van der Waals surface area (Å²) in [5.41, 5.74) is 7.83. The first kappa shape index (κ1) is 22.2. The lowest BCUT2D eigenvalue weighted by Crippen LogP contribution is -2.35. The van der Waals surface area contributed by atoms with Crippen LogP contribution in [0, 0.1) is 18.8 Å². The fourth-order valence-corrected chi connectivity index (χ4v) is 5.33. The summed E-state index contributed by atoms with van der Waals surface area (Å²) >= 11 is 0. The predicted molar refractivity (Wildman–Crippen MR) is 126 cm³/mol. The maximum atomic E-state index is 13.5. The summed E-state index contributed by atoms with van der Waals surface area (Å²) in [6.07, 6.45) is 3.75. The number of nitrogens with two attached hydrogens (primary N) is 1. The van der Waals surface area contributed by atoms with Crippen LogP contribution in [-0.4, -0.2) is 74.3 Å². The topological polar surface area (TPSA) is 110 Å². The summed E-state index contributed by atoms with van der Waals surface area (Å²) in [4.78, 5) is 30.2. The molecule has 0 bridgehead atoms. The quantitative estimate of drug-likeness (QED) is 0.576. The first-order valence-electron chi connectivity index (χ1n) is 11.7. The number of carbonyl (C=O) groups excluding carboxylic acids is 2. The first-order chi connectivity index (χ1) is 16.5. The molecule has 9 nitrogen and oxygen atoms in total. The maximum absolute atomic E-state index is 13.5. The molecule has 2 fully saturated rings. The zero-order valence-electron chi connectivity index (χ0n) is 19.3. The third-order valence-electron chi connectivity index (χ3n) is 6.91. The number of primary amides is 1. The fraction of sp³-hybridized carbons (Fsp3) is 0.400. The van der Waals surface area contributed by atoms with Gasteiger partial charge in [0.1, 0.15) is 5.69 Å². The number of aryl methyl sites for hydroxylation is 2. The molecule has 3 aromatic rings. The van der Waals surface area contributed by atoms with Crippen LogP contribution in [0.5, 0.6) is 0 Å². The summed E-state index contributed by atoms with van der Waals surface area (Å²) < 4.78 is 1.32. The molecule has 0 saturated carbocycles. The Morgan fingerprint density at radius 3 is 2.41 bits per heavy atom. The van der Waals surface area contributed by atoms with E-state index in [1.807, 2.05) is 11.0 Å². The predicted octanol–water partition coefficient (Wildman–Crippen LogP) is 1.71. The number of amides is 2. The Morgan fingerprint density at radius 1 is 1.03 bits per heavy atom. The number of fused-ring (bicyclic) bond motifs is 1. The van der Waals surface area contributed by atoms with E-state index < -0.39 is 5.91 Å². The van der Waals surface area contributed by atoms with Crippen LogP contribution in [0.4, 0.5) is 0 Å². The van der Waals surface area contributed by atoms with Gasteiger partial charge in [-0.05, 0) is 55.8 Å². The Kier molecular flexibility index (Phi) is 6.10. The van der Waals surface area contributed by atoms with Crippen molar-refractivity contribution in [1.29, 1.82) is 0 Å². The van der Waals surface area contributed by atoms with Gasteiger partial charge in [-0.3, -0.25) is 9.59 Å². The Labute approximate surface area is 198 Å². The second-order valence-corrected chi connectivity index (χ2v) is 9.25. The Morgan fingerprint density at radius 2 is 1.76 bits per heavy atom. The van der Waals surface area contributed by atoms with E-state index in [-0.39, 0.29) is 17.2 Å². The Bertz CT molecular complexity index is 1160. The van der Waals surface area contributed by atoms with Crippen LogP contribution in [0.3, 0.4) is 0 Å². The van der Waals surface area contributed by atoms with Gasteiger partial charge in [-0.2, -0.15) is 10.2 Å². The molecule has 0 radical (unpaired) electrons. The van der Waals surface area contributed by atoms with Gasteiger partial charge in [-0.25, -0.2) is 4.68 Å². The van der Waals surface area contributed by atoms with Crippen molar-refractivity contribution < 1.29 is 9.59 Å². The number of nitrogens with zero attached hydrogens (tertiary/aromatic N) is 6. The van der Waals surface area contributed by atoms with E-state index in [2.05, 4.69) is 44.5 Å². The lowest BCUT2D eigenvalue weighted by atomic mass is 10.0. The largest absolute Gasteiger partial charge is 0.364 e. The summed E-state index contributed by atoms with van der Waals surface area (Å²) in [6.45, 7) is 6.18. The molecule has 4 heterocycles. The summed E-state index contributed by atoms with van der Waals surface area (Å²) in [5.74, 6) is 0.356. The maximum Gasteiger partial charge on any atom is 0.268 e. The van der Waals surface area contributed by atoms with Crippen molar-refractivity contribution in [3.05, 3.63) is 71.2 Å². The number of hydrogen-bond donors (Lipinski definition) is 1. The van der Waals surface area contributed by atoms with Crippen LogP contribution in [0.1, 0.15) is 38.5 Å². The van der Waals surface area contributed by atoms with Gasteiger partial charge in [-0.1, -0.05) is 30.3 Å². The average Bonchev–Trinajstić information content (AvgIpc) is 3.51. The minimum Gasteiger partial charge on any atom is -0.364 e. The van der Waals surface area contributed by atoms with E-state index in [9.17, 15) is 9.59 Å². The van der Waals surface area contributed by atoms with E-state index in [0.717, 1.165) is 32.5 Å². The Balaban J connectivity index is 1.24. The number of likely N-dealkylation sites (tertiary alicyclic amines) is 2. The number of aromatic nitrogens is 4. The lowest BCUT2D eigenvalue weighted by molar-refractivity contribution is 0.0767. The van der Waals surface area contributed by atoms with E-state index in [0.29, 0.717) is 36.4 Å². The summed E-state index contributed by atoms with van der Waals surface area (Å²) in [7, 11) is 0. The molecular weight excluding hydrogens is 430 g/mol. The molecule has 2 amide bonds. The van der Waals surface area contributed by atoms with Gasteiger partial charge < -0.3 is 15.5 Å². The molecule has 2 saturated heterocycles. The zero-order valence-corrected chi connectivity index (χ0v) is 19.3. The van der Waals surface area contributed by atoms with Gasteiger partial charge in [0, 0.05) is 32.4 Å². The van der Waals surface area contributed by atoms with Gasteiger partial charge in [-0.15, -0.1) is 5.10 Å². The molecule has 9 heteroatoms. The monoisotopic (exact) mass is 459 g/mol. The van der Waals surface area contributed by atoms with E-state index in [1.54, 1.807) is 19.1 Å². The summed E-state index contributed by atoms with van der Waals surface area (Å²) in [5, 5.41) is 12.3. The normalized spacial score (nSPS) is 20.0. The summed E-state index contributed by atoms with van der Waals surface area (Å²) in [6, 6.07) is 13.9. The lowest BCUT2D eigenvalue weighted by Gasteiger charge is -2.22. The number of benzene rings is 1. The third-order valence-corrected chi connectivity index (χ3v) is 6.91. The van der Waals surface area contributed by atoms with Crippen LogP contribution in [0.2, 0.25) is 0 Å². The third kappa shape index (κ3) is 4.31. The van der Waals surface area contributed by atoms with Gasteiger partial charge >= 0.3 is 0 Å². The van der Waals surface area contributed by atoms with Crippen molar-refractivity contribution in [2.75, 3.05) is 32.7 Å². The molecule has 0 spiro atoms. The standard InChI is InChI=1S/C25H29N7O2/c1-17-22(23(24(26)33)32(29-17)21-10-5-11-27-28-21)25(34)31-15-19-13-30(14-20(19)16-31)12-6-9-18-7-3-2-4-8-18/h2-5,7-8,10-11,19-20H,6,9,12-16H2,1H3,(H2,26,33)/t19-,20?/m0/s1. The van der Waals surface area contributed by atoms with E-state index in [1.165, 1.54) is 16.4 Å². The highest BCUT2D eigenvalue weighted by atomic mass is 16.2. The molecule has 1 aromatic carbocycles. The van der Waals surface area contributed by atoms with Gasteiger partial charge in [0.05, 0.1) is 11.3 Å². The molecule has 2 aliphatic heterocycles. The Hall–Kier alpha value is -3.59. The molecule has 2 aromatic heterocycles. The second kappa shape index (κ2) is 9.34. The van der Waals surface area contributed by atoms with Crippen LogP contribution in [0.15, 0.2) is 48.7 Å². The number of rotatable bonds is 7. The van der Waals surface area contributed by atoms with Gasteiger partial charge in [0.25, 0.3) is 11.8 Å². The van der Waals surface area contributed by atoms with Crippen LogP contribution in [0.25, 0.3) is 5.82 Å². The molecule has 2 atom stereocenters. The zero-order chi connectivity index (χ0) is 23.7. The second-order valence-electron chi connectivity index (χ2n) is 9.25. The molecule has 176 valence electrons. The minimum atomic E-state index is -0.710. The minimum absolute atomic E-state index is 0.0580. The van der Waals surface area contributed by atoms with Crippen molar-refractivity contribution >= 4 is 11.8 Å². The van der Waals surface area contributed by atoms with Crippen molar-refractivity contribution in [2.45, 2.75) is 19.8 Å². The first-order valence-corrected chi connectivity index (χ1v) is 11.7. The van der Waals surface area contributed by atoms with E-state index in [4.69, 9.17) is 5.73 Å². The SMILES string of the molecule is Cc1nn(-c2cccnn2)c(C(N)=O)c1C(=O)N1CC2CN(CCCc3ccccc3)C[C@H]2C1. The molecule has 5 rings (SSSR count). The van der Waals surface area contributed by atoms with Crippen LogP contribution < -0.4 is 5.73 Å². The van der Waals surface area contributed by atoms with Crippen molar-refractivity contribution in [3.63, 3.8) is 0 Å². The van der Waals surface area contributed by atoms with E-state index >= 15 is 0 Å². The van der Waals surface area contributed by atoms with Gasteiger partial charge in [0.15, 0.2) is 5.82 Å². The molecule has 34 heavy (non-hydrogen) atoms. The van der Waals surface area contributed by atoms with Crippen LogP contribution in [-0.2, 0) is 6.42 Å². The molecule has 2 N–H and O–H groups in total. The van der Waals surface area contributed by atoms with Crippen molar-refractivity contribution in [2.24, 2.45) is 17.6 Å². The highest BCUT2D eigenvalue weighted by Gasteiger charge is 2.42. The highest BCUT2D eigenvalue weighted by Crippen LogP contribution is 2.33. The number of hydrogen-bond acceptors (Lipinski definition) is 6. The van der Waals surface area contributed by atoms with Crippen molar-refractivity contribution in [3.8, 4) is 5.82 Å². The molecule has 0 aliphatic carbocycles. The smallest absolute Gasteiger partial charge is 0.268 e. The highest BCUT2D eigenvalue weighted by molar-refractivity contribution is 6.06. The fourth-order valence-electron chi connectivity index (χ4n) is 5.33. The van der Waals surface area contributed by atoms with Gasteiger partial charge in [0.2, 0.25) is 0 Å². The van der Waals surface area contributed by atoms with Crippen molar-refractivity contribution in [1.82, 2.24) is 29.8 Å². The molecule has 1 unspecified atom stereocenters.